The van der Waals surface area contributed by atoms with Crippen molar-refractivity contribution < 1.29 is 14.0 Å². The third kappa shape index (κ3) is 4.77. The van der Waals surface area contributed by atoms with Crippen molar-refractivity contribution in [1.82, 2.24) is 5.16 Å². The minimum absolute atomic E-state index is 0.665. The van der Waals surface area contributed by atoms with Gasteiger partial charge >= 0.3 is 0 Å². The number of unbranched alkanes of at least 4 members (excludes halogenated alkanes) is 2. The van der Waals surface area contributed by atoms with Gasteiger partial charge in [-0.25, -0.2) is 4.99 Å². The summed E-state index contributed by atoms with van der Waals surface area (Å²) in [5, 5.41) is 3.91. The highest BCUT2D eigenvalue weighted by molar-refractivity contribution is 5.96. The van der Waals surface area contributed by atoms with Crippen LogP contribution < -0.4 is 9.64 Å². The van der Waals surface area contributed by atoms with E-state index in [1.165, 1.54) is 0 Å². The van der Waals surface area contributed by atoms with Crippen molar-refractivity contribution in [3.63, 3.8) is 0 Å². The molecule has 1 aliphatic rings. The van der Waals surface area contributed by atoms with Gasteiger partial charge in [0.1, 0.15) is 18.1 Å². The highest BCUT2D eigenvalue weighted by atomic mass is 16.5. The maximum absolute atomic E-state index is 6.01. The maximum Gasteiger partial charge on any atom is 0.216 e. The van der Waals surface area contributed by atoms with Gasteiger partial charge in [0.25, 0.3) is 0 Å². The molecule has 0 radical (unpaired) electrons. The largest absolute Gasteiger partial charge is 0.491 e. The van der Waals surface area contributed by atoms with Crippen LogP contribution in [0.5, 0.6) is 5.75 Å². The van der Waals surface area contributed by atoms with E-state index in [9.17, 15) is 0 Å². The van der Waals surface area contributed by atoms with E-state index in [0.29, 0.717) is 13.2 Å². The SMILES string of the molecule is Cc1cc(CCCCCOc2ccc(C3=NCCO3)cc2N(C)C)on1. The van der Waals surface area contributed by atoms with E-state index >= 15 is 0 Å². The molecule has 0 fully saturated rings. The highest BCUT2D eigenvalue weighted by Gasteiger charge is 2.14. The molecular formula is C20H27N3O3. The third-order valence-corrected chi connectivity index (χ3v) is 4.28. The van der Waals surface area contributed by atoms with Crippen LogP contribution in [-0.2, 0) is 11.2 Å². The predicted molar refractivity (Wildman–Crippen MR) is 102 cm³/mol. The van der Waals surface area contributed by atoms with Gasteiger partial charge in [-0.3, -0.25) is 0 Å². The molecule has 6 heteroatoms. The normalized spacial score (nSPS) is 13.4. The Labute approximate surface area is 154 Å². The van der Waals surface area contributed by atoms with Gasteiger partial charge in [0.05, 0.1) is 24.5 Å². The second-order valence-electron chi connectivity index (χ2n) is 6.71. The molecule has 1 aromatic heterocycles. The lowest BCUT2D eigenvalue weighted by atomic mass is 10.1. The second-order valence-corrected chi connectivity index (χ2v) is 6.71. The molecule has 0 unspecified atom stereocenters. The number of hydrogen-bond donors (Lipinski definition) is 0. The molecule has 0 N–H and O–H groups in total. The average molecular weight is 357 g/mol. The molecular weight excluding hydrogens is 330 g/mol. The van der Waals surface area contributed by atoms with E-state index in [4.69, 9.17) is 14.0 Å². The molecule has 140 valence electrons. The summed E-state index contributed by atoms with van der Waals surface area (Å²) in [5.74, 6) is 2.58. The fourth-order valence-electron chi connectivity index (χ4n) is 2.93. The molecule has 0 amide bonds. The summed E-state index contributed by atoms with van der Waals surface area (Å²) >= 11 is 0. The minimum Gasteiger partial charge on any atom is -0.491 e. The van der Waals surface area contributed by atoms with Crippen LogP contribution in [0.25, 0.3) is 0 Å². The van der Waals surface area contributed by atoms with E-state index in [1.54, 1.807) is 0 Å². The number of nitrogens with zero attached hydrogens (tertiary/aromatic N) is 3. The molecule has 0 spiro atoms. The number of rotatable bonds is 9. The number of aromatic nitrogens is 1. The average Bonchev–Trinajstić information content (AvgIpc) is 3.30. The Bertz CT molecular complexity index is 753. The van der Waals surface area contributed by atoms with Crippen molar-refractivity contribution in [2.45, 2.75) is 32.6 Å². The van der Waals surface area contributed by atoms with Crippen LogP contribution in [-0.4, -0.2) is 44.9 Å². The van der Waals surface area contributed by atoms with Crippen molar-refractivity contribution in [2.24, 2.45) is 4.99 Å². The first-order valence-electron chi connectivity index (χ1n) is 9.17. The van der Waals surface area contributed by atoms with Crippen LogP contribution in [0.4, 0.5) is 5.69 Å². The first kappa shape index (κ1) is 18.3. The Morgan fingerprint density at radius 1 is 1.15 bits per heavy atom. The van der Waals surface area contributed by atoms with Gasteiger partial charge in [0, 0.05) is 32.1 Å². The van der Waals surface area contributed by atoms with Gasteiger partial charge in [0.15, 0.2) is 0 Å². The molecule has 6 nitrogen and oxygen atoms in total. The standard InChI is InChI=1S/C20H27N3O3/c1-15-13-17(26-22-15)7-5-4-6-11-24-19-9-8-16(14-18(19)23(2)3)20-21-10-12-25-20/h8-9,13-14H,4-7,10-12H2,1-3H3. The summed E-state index contributed by atoms with van der Waals surface area (Å²) in [4.78, 5) is 6.44. The van der Waals surface area contributed by atoms with E-state index in [1.807, 2.05) is 39.2 Å². The van der Waals surface area contributed by atoms with E-state index < -0.39 is 0 Å². The lowest BCUT2D eigenvalue weighted by Gasteiger charge is -2.19. The van der Waals surface area contributed by atoms with Crippen LogP contribution in [0.15, 0.2) is 33.8 Å². The number of aryl methyl sites for hydroxylation is 2. The van der Waals surface area contributed by atoms with Crippen LogP contribution in [0, 0.1) is 6.92 Å². The molecule has 3 rings (SSSR count). The first-order valence-corrected chi connectivity index (χ1v) is 9.17. The van der Waals surface area contributed by atoms with Crippen molar-refractivity contribution in [1.29, 1.82) is 0 Å². The van der Waals surface area contributed by atoms with Gasteiger partial charge in [-0.1, -0.05) is 5.16 Å². The van der Waals surface area contributed by atoms with Crippen molar-refractivity contribution in [3.8, 4) is 5.75 Å². The number of aliphatic imine (C=N–C) groups is 1. The molecule has 2 heterocycles. The summed E-state index contributed by atoms with van der Waals surface area (Å²) in [7, 11) is 4.03. The van der Waals surface area contributed by atoms with E-state index in [-0.39, 0.29) is 0 Å². The molecule has 0 aliphatic carbocycles. The van der Waals surface area contributed by atoms with Crippen LogP contribution in [0.1, 0.15) is 36.3 Å². The molecule has 0 bridgehead atoms. The highest BCUT2D eigenvalue weighted by Crippen LogP contribution is 2.29. The molecule has 1 aromatic carbocycles. The van der Waals surface area contributed by atoms with E-state index in [0.717, 1.165) is 66.6 Å². The summed E-state index contributed by atoms with van der Waals surface area (Å²) in [6, 6.07) is 8.09. The second kappa shape index (κ2) is 8.74. The summed E-state index contributed by atoms with van der Waals surface area (Å²) in [5.41, 5.74) is 2.98. The Morgan fingerprint density at radius 2 is 2.04 bits per heavy atom. The molecule has 0 saturated heterocycles. The quantitative estimate of drug-likeness (QED) is 0.642. The predicted octanol–water partition coefficient (Wildman–Crippen LogP) is 3.62. The Morgan fingerprint density at radius 3 is 2.73 bits per heavy atom. The Balaban J connectivity index is 1.47. The van der Waals surface area contributed by atoms with Crippen LogP contribution >= 0.6 is 0 Å². The maximum atomic E-state index is 6.01. The fourth-order valence-corrected chi connectivity index (χ4v) is 2.93. The van der Waals surface area contributed by atoms with Gasteiger partial charge in [-0.15, -0.1) is 0 Å². The van der Waals surface area contributed by atoms with Gasteiger partial charge in [-0.05, 0) is 44.4 Å². The van der Waals surface area contributed by atoms with Gasteiger partial charge < -0.3 is 18.9 Å². The number of benzene rings is 1. The zero-order valence-corrected chi connectivity index (χ0v) is 15.8. The minimum atomic E-state index is 0.665. The molecule has 1 aliphatic heterocycles. The van der Waals surface area contributed by atoms with E-state index in [2.05, 4.69) is 21.1 Å². The number of hydrogen-bond acceptors (Lipinski definition) is 6. The Hall–Kier alpha value is -2.50. The zero-order chi connectivity index (χ0) is 18.4. The molecule has 26 heavy (non-hydrogen) atoms. The summed E-state index contributed by atoms with van der Waals surface area (Å²) in [6.07, 6.45) is 4.12. The van der Waals surface area contributed by atoms with Crippen molar-refractivity contribution >= 4 is 11.6 Å². The lowest BCUT2D eigenvalue weighted by Crippen LogP contribution is -2.13. The Kier molecular flexibility index (Phi) is 6.15. The summed E-state index contributed by atoms with van der Waals surface area (Å²) in [6.45, 7) is 4.05. The summed E-state index contributed by atoms with van der Waals surface area (Å²) < 4.78 is 16.8. The van der Waals surface area contributed by atoms with Crippen LogP contribution in [0.3, 0.4) is 0 Å². The van der Waals surface area contributed by atoms with Crippen molar-refractivity contribution in [3.05, 3.63) is 41.3 Å². The monoisotopic (exact) mass is 357 g/mol. The number of anilines is 1. The fraction of sp³-hybridized carbons (Fsp3) is 0.500. The smallest absolute Gasteiger partial charge is 0.216 e. The van der Waals surface area contributed by atoms with Gasteiger partial charge in [0.2, 0.25) is 5.90 Å². The third-order valence-electron chi connectivity index (χ3n) is 4.28. The van der Waals surface area contributed by atoms with Crippen molar-refractivity contribution in [2.75, 3.05) is 38.8 Å². The van der Waals surface area contributed by atoms with Crippen LogP contribution in [0.2, 0.25) is 0 Å². The van der Waals surface area contributed by atoms with Gasteiger partial charge in [-0.2, -0.15) is 0 Å². The topological polar surface area (TPSA) is 60.1 Å². The molecule has 0 saturated carbocycles. The lowest BCUT2D eigenvalue weighted by molar-refractivity contribution is 0.304. The zero-order valence-electron chi connectivity index (χ0n) is 15.8. The molecule has 0 atom stereocenters. The number of ether oxygens (including phenoxy) is 2. The first-order chi connectivity index (χ1) is 12.6. The molecule has 2 aromatic rings.